The molecule has 58 heavy (non-hydrogen) atoms. The van der Waals surface area contributed by atoms with Gasteiger partial charge in [-0.2, -0.15) is 0 Å². The molecule has 11 rings (SSSR count). The van der Waals surface area contributed by atoms with Crippen molar-refractivity contribution in [2.24, 2.45) is 4.99 Å². The van der Waals surface area contributed by atoms with E-state index in [4.69, 9.17) is 4.99 Å². The molecule has 0 fully saturated rings. The smallest absolute Gasteiger partial charge is 0.147 e. The van der Waals surface area contributed by atoms with E-state index >= 15 is 0 Å². The first-order valence-electron chi connectivity index (χ1n) is 19.8. The van der Waals surface area contributed by atoms with Gasteiger partial charge in [0.25, 0.3) is 0 Å². The van der Waals surface area contributed by atoms with Crippen molar-refractivity contribution >= 4 is 34.2 Å². The molecule has 1 spiro atoms. The van der Waals surface area contributed by atoms with Gasteiger partial charge in [-0.1, -0.05) is 170 Å². The molecule has 1 unspecified atom stereocenters. The van der Waals surface area contributed by atoms with Gasteiger partial charge in [0.05, 0.1) is 22.5 Å². The summed E-state index contributed by atoms with van der Waals surface area (Å²) < 4.78 is 0. The summed E-state index contributed by atoms with van der Waals surface area (Å²) in [4.78, 5) is 7.51. The fourth-order valence-corrected chi connectivity index (χ4v) is 9.44. The molecule has 2 aliphatic heterocycles. The van der Waals surface area contributed by atoms with Gasteiger partial charge in [0.15, 0.2) is 0 Å². The summed E-state index contributed by atoms with van der Waals surface area (Å²) in [6, 6.07) is 73.4. The molecular formula is C54H38N4. The second-order valence-electron chi connectivity index (χ2n) is 15.1. The van der Waals surface area contributed by atoms with Crippen LogP contribution in [0.3, 0.4) is 0 Å². The summed E-state index contributed by atoms with van der Waals surface area (Å²) in [5.74, 6) is 0.327. The van der Waals surface area contributed by atoms with Crippen molar-refractivity contribution in [3.63, 3.8) is 0 Å². The van der Waals surface area contributed by atoms with E-state index < -0.39 is 11.6 Å². The van der Waals surface area contributed by atoms with Gasteiger partial charge in [-0.25, -0.2) is 0 Å². The molecule has 3 aliphatic rings. The molecule has 8 aromatic rings. The van der Waals surface area contributed by atoms with E-state index in [-0.39, 0.29) is 0 Å². The predicted molar refractivity (Wildman–Crippen MR) is 239 cm³/mol. The third-order valence-corrected chi connectivity index (χ3v) is 12.0. The van der Waals surface area contributed by atoms with Crippen molar-refractivity contribution in [1.29, 1.82) is 5.41 Å². The highest BCUT2D eigenvalue weighted by molar-refractivity contribution is 6.16. The summed E-state index contributed by atoms with van der Waals surface area (Å²) >= 11 is 0. The van der Waals surface area contributed by atoms with Crippen LogP contribution in [-0.4, -0.2) is 17.7 Å². The summed E-state index contributed by atoms with van der Waals surface area (Å²) in [5.41, 5.74) is 17.6. The average Bonchev–Trinajstić information content (AvgIpc) is 3.85. The minimum Gasteiger partial charge on any atom is -0.345 e. The zero-order chi connectivity index (χ0) is 38.6. The molecule has 0 amide bonds. The first-order valence-corrected chi connectivity index (χ1v) is 19.8. The third-order valence-electron chi connectivity index (χ3n) is 12.0. The topological polar surface area (TPSA) is 51.5 Å². The van der Waals surface area contributed by atoms with Crippen LogP contribution in [-0.2, 0) is 5.41 Å². The van der Waals surface area contributed by atoms with Gasteiger partial charge in [0, 0.05) is 16.8 Å². The highest BCUT2D eigenvalue weighted by Gasteiger charge is 2.51. The molecule has 0 saturated carbocycles. The van der Waals surface area contributed by atoms with Gasteiger partial charge in [0.2, 0.25) is 0 Å². The largest absolute Gasteiger partial charge is 0.345 e. The standard InChI is InChI=1S/C54H38N4/c55-52(57-53-44(36-17-4-1-5-18-36)35-49(56-53)37-19-6-2-7-20-37)40-22-16-21-38(33-40)39-31-32-43-42-25-10-11-26-45(42)54(48(43)34-39)46-27-12-14-29-50(46)58(41-23-8-3-9-24-41)51-30-15-13-28-47(51)54/h1-35,53H,(H2,55,57). The van der Waals surface area contributed by atoms with Crippen LogP contribution in [0.4, 0.5) is 17.1 Å². The number of nitrogens with one attached hydrogen (secondary N) is 2. The SMILES string of the molecule is N=C(NC1N=C(c2ccccc2)C=C1c1ccccc1)c1cccc(-c2ccc3c(c2)C2(c4ccccc4-3)c3ccccc3N(c3ccccc3)c3ccccc32)c1. The van der Waals surface area contributed by atoms with Crippen LogP contribution in [0.2, 0.25) is 0 Å². The van der Waals surface area contributed by atoms with Crippen molar-refractivity contribution in [1.82, 2.24) is 5.32 Å². The zero-order valence-electron chi connectivity index (χ0n) is 31.7. The van der Waals surface area contributed by atoms with Gasteiger partial charge in [-0.3, -0.25) is 10.4 Å². The van der Waals surface area contributed by atoms with E-state index in [1.807, 2.05) is 42.5 Å². The summed E-state index contributed by atoms with van der Waals surface area (Å²) in [7, 11) is 0. The fourth-order valence-electron chi connectivity index (χ4n) is 9.44. The molecule has 4 nitrogen and oxygen atoms in total. The van der Waals surface area contributed by atoms with Crippen LogP contribution >= 0.6 is 0 Å². The Morgan fingerprint density at radius 2 is 1.03 bits per heavy atom. The van der Waals surface area contributed by atoms with Crippen LogP contribution in [0, 0.1) is 5.41 Å². The molecule has 8 aromatic carbocycles. The van der Waals surface area contributed by atoms with Crippen molar-refractivity contribution in [2.45, 2.75) is 11.6 Å². The zero-order valence-corrected chi connectivity index (χ0v) is 31.7. The molecular weight excluding hydrogens is 705 g/mol. The number of para-hydroxylation sites is 3. The summed E-state index contributed by atoms with van der Waals surface area (Å²) in [6.45, 7) is 0. The highest BCUT2D eigenvalue weighted by atomic mass is 15.2. The highest BCUT2D eigenvalue weighted by Crippen LogP contribution is 2.63. The lowest BCUT2D eigenvalue weighted by atomic mass is 9.64. The average molecular weight is 743 g/mol. The normalized spacial score (nSPS) is 15.4. The Morgan fingerprint density at radius 1 is 0.483 bits per heavy atom. The Hall–Kier alpha value is -7.56. The van der Waals surface area contributed by atoms with Gasteiger partial charge in [0.1, 0.15) is 12.0 Å². The molecule has 1 atom stereocenters. The molecule has 2 N–H and O–H groups in total. The number of amidine groups is 1. The Bertz CT molecular complexity index is 2900. The maximum Gasteiger partial charge on any atom is 0.147 e. The van der Waals surface area contributed by atoms with Crippen molar-refractivity contribution < 1.29 is 0 Å². The number of anilines is 3. The van der Waals surface area contributed by atoms with Gasteiger partial charge < -0.3 is 10.2 Å². The number of fused-ring (bicyclic) bond motifs is 9. The number of nitrogens with zero attached hydrogens (tertiary/aromatic N) is 2. The molecule has 274 valence electrons. The lowest BCUT2D eigenvalue weighted by Gasteiger charge is -2.45. The van der Waals surface area contributed by atoms with Crippen LogP contribution in [0.1, 0.15) is 38.9 Å². The van der Waals surface area contributed by atoms with Gasteiger partial charge >= 0.3 is 0 Å². The number of hydrogen-bond donors (Lipinski definition) is 2. The summed E-state index contributed by atoms with van der Waals surface area (Å²) in [6.07, 6.45) is 1.75. The number of hydrogen-bond acceptors (Lipinski definition) is 3. The Morgan fingerprint density at radius 3 is 1.74 bits per heavy atom. The Labute approximate surface area is 338 Å². The molecule has 1 aliphatic carbocycles. The number of aliphatic imine (C=N–C) groups is 1. The predicted octanol–water partition coefficient (Wildman–Crippen LogP) is 12.3. The molecule has 0 bridgehead atoms. The molecule has 0 aromatic heterocycles. The quantitative estimate of drug-likeness (QED) is 0.132. The molecule has 4 heteroatoms. The third kappa shape index (κ3) is 5.23. The van der Waals surface area contributed by atoms with E-state index in [0.29, 0.717) is 5.84 Å². The Kier molecular flexibility index (Phi) is 7.90. The minimum absolute atomic E-state index is 0.327. The first-order chi connectivity index (χ1) is 28.7. The van der Waals surface area contributed by atoms with Crippen molar-refractivity contribution in [3.05, 3.63) is 251 Å². The van der Waals surface area contributed by atoms with Crippen molar-refractivity contribution in [3.8, 4) is 22.3 Å². The number of benzene rings is 8. The Balaban J connectivity index is 1.01. The second-order valence-corrected chi connectivity index (χ2v) is 15.1. The van der Waals surface area contributed by atoms with Crippen molar-refractivity contribution in [2.75, 3.05) is 4.90 Å². The minimum atomic E-state index is -0.538. The summed E-state index contributed by atoms with van der Waals surface area (Å²) in [5, 5.41) is 12.9. The number of allylic oxidation sites excluding steroid dienone is 1. The van der Waals surface area contributed by atoms with E-state index in [2.05, 4.69) is 180 Å². The molecule has 0 saturated heterocycles. The van der Waals surface area contributed by atoms with E-state index in [0.717, 1.165) is 44.8 Å². The van der Waals surface area contributed by atoms with Crippen LogP contribution in [0.15, 0.2) is 217 Å². The fraction of sp³-hybridized carbons (Fsp3) is 0.0370. The maximum atomic E-state index is 9.38. The van der Waals surface area contributed by atoms with Crippen LogP contribution < -0.4 is 10.2 Å². The second kappa shape index (κ2) is 13.6. The molecule has 0 radical (unpaired) electrons. The molecule has 2 heterocycles. The first kappa shape index (κ1) is 33.8. The van der Waals surface area contributed by atoms with Gasteiger partial charge in [-0.15, -0.1) is 0 Å². The van der Waals surface area contributed by atoms with E-state index in [1.165, 1.54) is 44.8 Å². The van der Waals surface area contributed by atoms with E-state index in [1.54, 1.807) is 0 Å². The van der Waals surface area contributed by atoms with Gasteiger partial charge in [-0.05, 0) is 98.1 Å². The van der Waals surface area contributed by atoms with Crippen LogP contribution in [0.25, 0.3) is 27.8 Å². The van der Waals surface area contributed by atoms with Crippen LogP contribution in [0.5, 0.6) is 0 Å². The number of rotatable bonds is 6. The monoisotopic (exact) mass is 742 g/mol. The maximum absolute atomic E-state index is 9.38. The van der Waals surface area contributed by atoms with E-state index in [9.17, 15) is 5.41 Å². The lowest BCUT2D eigenvalue weighted by molar-refractivity contribution is 0.753. The lowest BCUT2D eigenvalue weighted by Crippen LogP contribution is -2.36.